The van der Waals surface area contributed by atoms with Gasteiger partial charge in [-0.05, 0) is 55.2 Å². The van der Waals surface area contributed by atoms with Crippen molar-refractivity contribution in [3.8, 4) is 17.1 Å². The number of para-hydroxylation sites is 1. The molecule has 1 atom stereocenters. The van der Waals surface area contributed by atoms with Crippen molar-refractivity contribution >= 4 is 11.7 Å². The zero-order chi connectivity index (χ0) is 20.2. The first-order valence-corrected chi connectivity index (χ1v) is 9.83. The van der Waals surface area contributed by atoms with Gasteiger partial charge in [-0.25, -0.2) is 4.79 Å². The maximum atomic E-state index is 12.9. The summed E-state index contributed by atoms with van der Waals surface area (Å²) in [6.45, 7) is 2.73. The molecule has 29 heavy (non-hydrogen) atoms. The molecule has 1 aliphatic heterocycles. The number of aromatic nitrogens is 2. The van der Waals surface area contributed by atoms with Gasteiger partial charge in [0, 0.05) is 17.8 Å². The summed E-state index contributed by atoms with van der Waals surface area (Å²) in [5.74, 6) is 1.74. The molecule has 7 heteroatoms. The lowest BCUT2D eigenvalue weighted by atomic mass is 10.1. The summed E-state index contributed by atoms with van der Waals surface area (Å²) < 4.78 is 10.7. The van der Waals surface area contributed by atoms with Crippen LogP contribution in [-0.4, -0.2) is 34.7 Å². The van der Waals surface area contributed by atoms with E-state index in [1.807, 2.05) is 48.5 Å². The van der Waals surface area contributed by atoms with E-state index in [0.717, 1.165) is 41.8 Å². The number of nitrogens with zero attached hydrogens (tertiary/aromatic N) is 3. The molecule has 1 aliphatic rings. The second kappa shape index (κ2) is 8.34. The molecule has 1 N–H and O–H groups in total. The number of benzene rings is 2. The van der Waals surface area contributed by atoms with Gasteiger partial charge in [-0.2, -0.15) is 4.98 Å². The largest absolute Gasteiger partial charge is 0.497 e. The average molecular weight is 392 g/mol. The van der Waals surface area contributed by atoms with Gasteiger partial charge in [0.25, 0.3) is 0 Å². The van der Waals surface area contributed by atoms with Crippen LogP contribution >= 0.6 is 0 Å². The Kier molecular flexibility index (Phi) is 5.46. The molecular formula is C22H24N4O3. The van der Waals surface area contributed by atoms with E-state index in [0.29, 0.717) is 18.3 Å². The second-order valence-corrected chi connectivity index (χ2v) is 6.98. The van der Waals surface area contributed by atoms with Crippen LogP contribution in [0.2, 0.25) is 0 Å². The van der Waals surface area contributed by atoms with Crippen molar-refractivity contribution in [2.24, 2.45) is 0 Å². The first kappa shape index (κ1) is 19.0. The second-order valence-electron chi connectivity index (χ2n) is 6.98. The fourth-order valence-electron chi connectivity index (χ4n) is 3.63. The van der Waals surface area contributed by atoms with Gasteiger partial charge in [-0.15, -0.1) is 0 Å². The average Bonchev–Trinajstić information content (AvgIpc) is 3.44. The van der Waals surface area contributed by atoms with Crippen molar-refractivity contribution in [3.63, 3.8) is 0 Å². The zero-order valence-electron chi connectivity index (χ0n) is 16.6. The van der Waals surface area contributed by atoms with E-state index in [4.69, 9.17) is 9.26 Å². The van der Waals surface area contributed by atoms with Gasteiger partial charge in [-0.3, -0.25) is 0 Å². The Balaban J connectivity index is 1.51. The minimum atomic E-state index is -0.219. The number of rotatable bonds is 5. The number of likely N-dealkylation sites (tertiary alicyclic amines) is 1. The number of amides is 2. The summed E-state index contributed by atoms with van der Waals surface area (Å²) in [6, 6.07) is 15.0. The van der Waals surface area contributed by atoms with Crippen LogP contribution in [0.1, 0.15) is 37.3 Å². The smallest absolute Gasteiger partial charge is 0.322 e. The number of hydrogen-bond acceptors (Lipinski definition) is 5. The minimum absolute atomic E-state index is 0.141. The predicted molar refractivity (Wildman–Crippen MR) is 110 cm³/mol. The Morgan fingerprint density at radius 3 is 2.79 bits per heavy atom. The van der Waals surface area contributed by atoms with E-state index in [2.05, 4.69) is 22.4 Å². The lowest BCUT2D eigenvalue weighted by molar-refractivity contribution is 0.193. The van der Waals surface area contributed by atoms with Crippen molar-refractivity contribution in [2.45, 2.75) is 32.2 Å². The zero-order valence-corrected chi connectivity index (χ0v) is 16.6. The van der Waals surface area contributed by atoms with E-state index in [-0.39, 0.29) is 12.1 Å². The molecule has 1 fully saturated rings. The maximum absolute atomic E-state index is 12.9. The highest BCUT2D eigenvalue weighted by molar-refractivity contribution is 5.90. The van der Waals surface area contributed by atoms with Gasteiger partial charge >= 0.3 is 6.03 Å². The van der Waals surface area contributed by atoms with Crippen molar-refractivity contribution in [2.75, 3.05) is 19.0 Å². The third-order valence-corrected chi connectivity index (χ3v) is 5.23. The first-order valence-electron chi connectivity index (χ1n) is 9.83. The fraction of sp³-hybridized carbons (Fsp3) is 0.318. The highest BCUT2D eigenvalue weighted by atomic mass is 16.5. The third-order valence-electron chi connectivity index (χ3n) is 5.23. The summed E-state index contributed by atoms with van der Waals surface area (Å²) in [7, 11) is 1.63. The molecular weight excluding hydrogens is 368 g/mol. The van der Waals surface area contributed by atoms with Crippen LogP contribution in [0.3, 0.4) is 0 Å². The number of methoxy groups -OCH3 is 1. The molecule has 0 bridgehead atoms. The highest BCUT2D eigenvalue weighted by Crippen LogP contribution is 2.33. The van der Waals surface area contributed by atoms with E-state index in [1.54, 1.807) is 12.0 Å². The fourth-order valence-corrected chi connectivity index (χ4v) is 3.63. The minimum Gasteiger partial charge on any atom is -0.497 e. The Bertz CT molecular complexity index is 984. The Labute approximate surface area is 169 Å². The number of nitrogens with one attached hydrogen (secondary N) is 1. The van der Waals surface area contributed by atoms with Crippen LogP contribution in [0, 0.1) is 0 Å². The van der Waals surface area contributed by atoms with Crippen LogP contribution in [0.4, 0.5) is 10.5 Å². The van der Waals surface area contributed by atoms with Crippen LogP contribution in [-0.2, 0) is 6.42 Å². The molecule has 7 nitrogen and oxygen atoms in total. The topological polar surface area (TPSA) is 80.5 Å². The van der Waals surface area contributed by atoms with Gasteiger partial charge in [0.15, 0.2) is 0 Å². The summed E-state index contributed by atoms with van der Waals surface area (Å²) in [5.41, 5.74) is 2.79. The van der Waals surface area contributed by atoms with Crippen LogP contribution in [0.15, 0.2) is 53.1 Å². The van der Waals surface area contributed by atoms with Crippen molar-refractivity contribution in [1.82, 2.24) is 15.0 Å². The quantitative estimate of drug-likeness (QED) is 0.682. The Morgan fingerprint density at radius 1 is 1.24 bits per heavy atom. The monoisotopic (exact) mass is 392 g/mol. The Hall–Kier alpha value is -3.35. The number of ether oxygens (including phenoxy) is 1. The molecule has 0 aliphatic carbocycles. The van der Waals surface area contributed by atoms with Gasteiger partial charge in [-0.1, -0.05) is 30.3 Å². The number of carbonyl (C=O) groups excluding carboxylic acids is 1. The van der Waals surface area contributed by atoms with Gasteiger partial charge in [0.05, 0.1) is 7.11 Å². The molecule has 4 rings (SSSR count). The lowest BCUT2D eigenvalue weighted by Gasteiger charge is -2.23. The number of aryl methyl sites for hydroxylation is 1. The molecule has 2 heterocycles. The van der Waals surface area contributed by atoms with E-state index in [1.165, 1.54) is 0 Å². The molecule has 1 saturated heterocycles. The standard InChI is InChI=1S/C22H24N4O3/c1-3-15-7-4-5-8-18(15)23-22(27)26-14-6-9-19(26)21-24-20(25-29-21)16-10-12-17(28-2)13-11-16/h4-5,7-8,10-13,19H,3,6,9,14H2,1-2H3,(H,23,27)/t19-/m1/s1. The van der Waals surface area contributed by atoms with Crippen LogP contribution < -0.4 is 10.1 Å². The number of hydrogen-bond donors (Lipinski definition) is 1. The summed E-state index contributed by atoms with van der Waals surface area (Å²) in [4.78, 5) is 19.3. The number of anilines is 1. The molecule has 0 spiro atoms. The molecule has 150 valence electrons. The summed E-state index contributed by atoms with van der Waals surface area (Å²) in [5, 5.41) is 7.14. The molecule has 3 aromatic rings. The van der Waals surface area contributed by atoms with E-state index < -0.39 is 0 Å². The predicted octanol–water partition coefficient (Wildman–Crippen LogP) is 4.68. The van der Waals surface area contributed by atoms with Crippen molar-refractivity contribution in [3.05, 3.63) is 60.0 Å². The SMILES string of the molecule is CCc1ccccc1NC(=O)N1CCC[C@@H]1c1nc(-c2ccc(OC)cc2)no1. The van der Waals surface area contributed by atoms with Gasteiger partial charge < -0.3 is 19.5 Å². The summed E-state index contributed by atoms with van der Waals surface area (Å²) in [6.07, 6.45) is 2.55. The number of carbonyl (C=O) groups is 1. The van der Waals surface area contributed by atoms with Gasteiger partial charge in [0.2, 0.25) is 11.7 Å². The van der Waals surface area contributed by atoms with Crippen molar-refractivity contribution in [1.29, 1.82) is 0 Å². The molecule has 1 aromatic heterocycles. The number of urea groups is 1. The normalized spacial score (nSPS) is 16.1. The molecule has 0 saturated carbocycles. The third kappa shape index (κ3) is 3.94. The molecule has 2 aromatic carbocycles. The lowest BCUT2D eigenvalue weighted by Crippen LogP contribution is -2.34. The van der Waals surface area contributed by atoms with Gasteiger partial charge in [0.1, 0.15) is 11.8 Å². The first-order chi connectivity index (χ1) is 14.2. The maximum Gasteiger partial charge on any atom is 0.322 e. The van der Waals surface area contributed by atoms with Crippen LogP contribution in [0.5, 0.6) is 5.75 Å². The summed E-state index contributed by atoms with van der Waals surface area (Å²) >= 11 is 0. The molecule has 0 unspecified atom stereocenters. The van der Waals surface area contributed by atoms with Crippen LogP contribution in [0.25, 0.3) is 11.4 Å². The van der Waals surface area contributed by atoms with E-state index in [9.17, 15) is 4.79 Å². The Morgan fingerprint density at radius 2 is 2.03 bits per heavy atom. The van der Waals surface area contributed by atoms with Crippen molar-refractivity contribution < 1.29 is 14.1 Å². The highest BCUT2D eigenvalue weighted by Gasteiger charge is 2.34. The van der Waals surface area contributed by atoms with E-state index >= 15 is 0 Å². The molecule has 2 amide bonds. The molecule has 0 radical (unpaired) electrons.